The van der Waals surface area contributed by atoms with Gasteiger partial charge in [-0.15, -0.1) is 0 Å². The van der Waals surface area contributed by atoms with Crippen molar-refractivity contribution in [1.82, 2.24) is 30.1 Å². The fraction of sp³-hybridized carbons (Fsp3) is 0.389. The van der Waals surface area contributed by atoms with E-state index < -0.39 is 0 Å². The number of nitrogens with one attached hydrogen (secondary N) is 1. The Bertz CT molecular complexity index is 841. The number of hydrogen-bond donors (Lipinski definition) is 1. The highest BCUT2D eigenvalue weighted by Gasteiger charge is 2.36. The van der Waals surface area contributed by atoms with Crippen LogP contribution >= 0.6 is 0 Å². The molecule has 2 aromatic rings. The summed E-state index contributed by atoms with van der Waals surface area (Å²) in [6.45, 7) is 5.02. The van der Waals surface area contributed by atoms with E-state index >= 15 is 0 Å². The van der Waals surface area contributed by atoms with E-state index in [0.29, 0.717) is 43.3 Å². The number of pyridine rings is 1. The first-order chi connectivity index (χ1) is 12.6. The van der Waals surface area contributed by atoms with E-state index in [4.69, 9.17) is 0 Å². The van der Waals surface area contributed by atoms with Crippen LogP contribution < -0.4 is 5.32 Å². The largest absolute Gasteiger partial charge is 0.353 e. The topological polar surface area (TPSA) is 91.3 Å². The standard InChI is InChI=1S/C18H20N6O2/c1-12-14(10-21-16(22-12)13-3-2-4-19-9-13)18(26)24-8-7-23-6-5-20-17(25)15(23)11-24/h2-4,9-10,15H,5-8,11H2,1H3,(H,20,25)/t15-/m1/s1. The SMILES string of the molecule is Cc1nc(-c2cccnc2)ncc1C(=O)N1CCN2CCNC(=O)[C@H]2C1. The lowest BCUT2D eigenvalue weighted by molar-refractivity contribution is -0.131. The molecule has 8 nitrogen and oxygen atoms in total. The molecule has 2 fully saturated rings. The first-order valence-electron chi connectivity index (χ1n) is 8.68. The number of fused-ring (bicyclic) bond motifs is 1. The quantitative estimate of drug-likeness (QED) is 0.824. The molecule has 2 aromatic heterocycles. The van der Waals surface area contributed by atoms with Crippen molar-refractivity contribution in [3.8, 4) is 11.4 Å². The number of nitrogens with zero attached hydrogens (tertiary/aromatic N) is 5. The fourth-order valence-electron chi connectivity index (χ4n) is 3.44. The van der Waals surface area contributed by atoms with Crippen molar-refractivity contribution in [3.63, 3.8) is 0 Å². The van der Waals surface area contributed by atoms with E-state index in [2.05, 4.69) is 25.2 Å². The lowest BCUT2D eigenvalue weighted by atomic mass is 10.1. The monoisotopic (exact) mass is 352 g/mol. The average Bonchev–Trinajstić information content (AvgIpc) is 2.68. The third-order valence-electron chi connectivity index (χ3n) is 4.91. The average molecular weight is 352 g/mol. The molecule has 0 aliphatic carbocycles. The summed E-state index contributed by atoms with van der Waals surface area (Å²) in [4.78, 5) is 41.7. The molecule has 134 valence electrons. The Morgan fingerprint density at radius 1 is 1.27 bits per heavy atom. The summed E-state index contributed by atoms with van der Waals surface area (Å²) in [5.41, 5.74) is 1.91. The molecule has 4 heterocycles. The third-order valence-corrected chi connectivity index (χ3v) is 4.91. The van der Waals surface area contributed by atoms with Crippen LogP contribution in [-0.4, -0.2) is 75.3 Å². The van der Waals surface area contributed by atoms with Crippen LogP contribution in [0.2, 0.25) is 0 Å². The van der Waals surface area contributed by atoms with Gasteiger partial charge < -0.3 is 10.2 Å². The van der Waals surface area contributed by atoms with E-state index in [0.717, 1.165) is 12.1 Å². The molecule has 26 heavy (non-hydrogen) atoms. The van der Waals surface area contributed by atoms with Crippen molar-refractivity contribution in [3.05, 3.63) is 42.0 Å². The van der Waals surface area contributed by atoms with Gasteiger partial charge in [-0.25, -0.2) is 9.97 Å². The minimum Gasteiger partial charge on any atom is -0.353 e. The van der Waals surface area contributed by atoms with E-state index in [1.807, 2.05) is 12.1 Å². The van der Waals surface area contributed by atoms with Crippen LogP contribution in [0.15, 0.2) is 30.7 Å². The van der Waals surface area contributed by atoms with Crippen molar-refractivity contribution in [1.29, 1.82) is 0 Å². The Hall–Kier alpha value is -2.87. The summed E-state index contributed by atoms with van der Waals surface area (Å²) >= 11 is 0. The molecular formula is C18H20N6O2. The molecule has 0 spiro atoms. The minimum absolute atomic E-state index is 0.00588. The van der Waals surface area contributed by atoms with Gasteiger partial charge >= 0.3 is 0 Å². The van der Waals surface area contributed by atoms with Crippen molar-refractivity contribution in [2.45, 2.75) is 13.0 Å². The molecule has 0 bridgehead atoms. The summed E-state index contributed by atoms with van der Waals surface area (Å²) in [6.07, 6.45) is 4.95. The van der Waals surface area contributed by atoms with Crippen LogP contribution in [0.4, 0.5) is 0 Å². The van der Waals surface area contributed by atoms with Gasteiger partial charge in [0.15, 0.2) is 5.82 Å². The van der Waals surface area contributed by atoms with Crippen molar-refractivity contribution < 1.29 is 9.59 Å². The molecule has 0 radical (unpaired) electrons. The minimum atomic E-state index is -0.266. The van der Waals surface area contributed by atoms with Gasteiger partial charge in [-0.05, 0) is 19.1 Å². The predicted octanol–water partition coefficient (Wildman–Crippen LogP) is 0.103. The van der Waals surface area contributed by atoms with Gasteiger partial charge in [0.05, 0.1) is 11.3 Å². The first-order valence-corrected chi connectivity index (χ1v) is 8.68. The maximum absolute atomic E-state index is 12.9. The Labute approximate surface area is 151 Å². The molecule has 0 unspecified atom stereocenters. The number of rotatable bonds is 2. The van der Waals surface area contributed by atoms with Gasteiger partial charge in [-0.1, -0.05) is 0 Å². The number of hydrogen-bond acceptors (Lipinski definition) is 6. The fourth-order valence-corrected chi connectivity index (χ4v) is 3.44. The summed E-state index contributed by atoms with van der Waals surface area (Å²) in [7, 11) is 0. The Balaban J connectivity index is 1.54. The molecule has 8 heteroatoms. The van der Waals surface area contributed by atoms with Crippen molar-refractivity contribution >= 4 is 11.8 Å². The van der Waals surface area contributed by atoms with Gasteiger partial charge in [0.1, 0.15) is 6.04 Å². The van der Waals surface area contributed by atoms with Gasteiger partial charge in [-0.2, -0.15) is 0 Å². The third kappa shape index (κ3) is 3.03. The lowest BCUT2D eigenvalue weighted by Gasteiger charge is -2.43. The predicted molar refractivity (Wildman–Crippen MR) is 94.3 cm³/mol. The van der Waals surface area contributed by atoms with E-state index in [9.17, 15) is 9.59 Å². The number of aromatic nitrogens is 3. The number of carbonyl (C=O) groups is 2. The first kappa shape index (κ1) is 16.6. The lowest BCUT2D eigenvalue weighted by Crippen LogP contribution is -2.64. The molecule has 0 saturated carbocycles. The van der Waals surface area contributed by atoms with Gasteiger partial charge in [0.2, 0.25) is 5.91 Å². The smallest absolute Gasteiger partial charge is 0.257 e. The summed E-state index contributed by atoms with van der Waals surface area (Å²) in [5.74, 6) is 0.413. The van der Waals surface area contributed by atoms with Crippen LogP contribution in [0.3, 0.4) is 0 Å². The summed E-state index contributed by atoms with van der Waals surface area (Å²) in [5, 5.41) is 2.87. The molecule has 2 amide bonds. The second-order valence-electron chi connectivity index (χ2n) is 6.53. The van der Waals surface area contributed by atoms with Crippen LogP contribution in [-0.2, 0) is 4.79 Å². The van der Waals surface area contributed by atoms with Crippen molar-refractivity contribution in [2.24, 2.45) is 0 Å². The second-order valence-corrected chi connectivity index (χ2v) is 6.53. The van der Waals surface area contributed by atoms with E-state index in [1.54, 1.807) is 30.4 Å². The van der Waals surface area contributed by atoms with Gasteiger partial charge in [0, 0.05) is 56.9 Å². The Morgan fingerprint density at radius 3 is 2.92 bits per heavy atom. The molecule has 2 aliphatic heterocycles. The Morgan fingerprint density at radius 2 is 2.15 bits per heavy atom. The van der Waals surface area contributed by atoms with Gasteiger partial charge in [-0.3, -0.25) is 19.5 Å². The number of piperazine rings is 2. The number of aryl methyl sites for hydroxylation is 1. The van der Waals surface area contributed by atoms with E-state index in [-0.39, 0.29) is 17.9 Å². The molecule has 2 aliphatic rings. The van der Waals surface area contributed by atoms with E-state index in [1.165, 1.54) is 0 Å². The van der Waals surface area contributed by atoms with Gasteiger partial charge in [0.25, 0.3) is 5.91 Å². The van der Waals surface area contributed by atoms with Crippen LogP contribution in [0.5, 0.6) is 0 Å². The highest BCUT2D eigenvalue weighted by Crippen LogP contribution is 2.18. The normalized spacial score (nSPS) is 20.4. The van der Waals surface area contributed by atoms with Crippen molar-refractivity contribution in [2.75, 3.05) is 32.7 Å². The molecule has 4 rings (SSSR count). The van der Waals surface area contributed by atoms with Crippen LogP contribution in [0.1, 0.15) is 16.1 Å². The molecule has 1 N–H and O–H groups in total. The summed E-state index contributed by atoms with van der Waals surface area (Å²) < 4.78 is 0. The van der Waals surface area contributed by atoms with Crippen LogP contribution in [0, 0.1) is 6.92 Å². The zero-order valence-electron chi connectivity index (χ0n) is 14.6. The zero-order valence-corrected chi connectivity index (χ0v) is 14.6. The molecule has 2 saturated heterocycles. The zero-order chi connectivity index (χ0) is 18.1. The number of amides is 2. The molecule has 0 aromatic carbocycles. The molecule has 1 atom stereocenters. The van der Waals surface area contributed by atoms with Crippen LogP contribution in [0.25, 0.3) is 11.4 Å². The maximum atomic E-state index is 12.9. The second kappa shape index (κ2) is 6.80. The molecular weight excluding hydrogens is 332 g/mol. The summed E-state index contributed by atoms with van der Waals surface area (Å²) in [6, 6.07) is 3.43. The number of carbonyl (C=O) groups excluding carboxylic acids is 2. The maximum Gasteiger partial charge on any atom is 0.257 e. The highest BCUT2D eigenvalue weighted by atomic mass is 16.2. The highest BCUT2D eigenvalue weighted by molar-refractivity contribution is 5.96. The Kier molecular flexibility index (Phi) is 4.34.